The largest absolute Gasteiger partial charge is 0.330 e. The number of imide groups is 1. The Hall–Kier alpha value is -1.72. The van der Waals surface area contributed by atoms with Crippen molar-refractivity contribution in [2.45, 2.75) is 19.3 Å². The number of carbonyl (C=O) groups excluding carboxylic acids is 2. The normalized spacial score (nSPS) is 13.9. The minimum atomic E-state index is -0.172. The number of unbranched alkanes of at least 4 members (excludes halogenated alkanes) is 1. The van der Waals surface area contributed by atoms with Crippen LogP contribution in [0.2, 0.25) is 0 Å². The fourth-order valence-corrected chi connectivity index (χ4v) is 2.32. The van der Waals surface area contributed by atoms with Crippen LogP contribution in [0, 0.1) is 0 Å². The summed E-state index contributed by atoms with van der Waals surface area (Å²) in [6.45, 7) is 2.92. The number of fused-ring (bicyclic) bond motifs is 1. The van der Waals surface area contributed by atoms with Crippen LogP contribution in [0.1, 0.15) is 40.0 Å². The predicted octanol–water partition coefficient (Wildman–Crippen LogP) is 1.00. The van der Waals surface area contributed by atoms with E-state index >= 15 is 0 Å². The van der Waals surface area contributed by atoms with E-state index in [1.807, 2.05) is 0 Å². The van der Waals surface area contributed by atoms with E-state index in [1.54, 1.807) is 24.3 Å². The number of nitrogens with two attached hydrogens (primary N) is 1. The Morgan fingerprint density at radius 2 is 1.55 bits per heavy atom. The summed E-state index contributed by atoms with van der Waals surface area (Å²) >= 11 is 0. The minimum Gasteiger partial charge on any atom is -0.330 e. The second-order valence-electron chi connectivity index (χ2n) is 4.91. The predicted molar refractivity (Wildman–Crippen MR) is 77.6 cm³/mol. The van der Waals surface area contributed by atoms with Gasteiger partial charge < -0.3 is 11.1 Å². The molecule has 2 rings (SSSR count). The highest BCUT2D eigenvalue weighted by Gasteiger charge is 2.34. The maximum atomic E-state index is 12.1. The molecule has 0 unspecified atom stereocenters. The molecule has 108 valence electrons. The molecule has 5 heteroatoms. The molecule has 0 spiro atoms. The summed E-state index contributed by atoms with van der Waals surface area (Å²) < 4.78 is 0. The lowest BCUT2D eigenvalue weighted by atomic mass is 10.1. The lowest BCUT2D eigenvalue weighted by molar-refractivity contribution is 0.0652. The first-order chi connectivity index (χ1) is 9.75. The van der Waals surface area contributed by atoms with Gasteiger partial charge in [-0.15, -0.1) is 0 Å². The number of amides is 2. The third kappa shape index (κ3) is 3.23. The van der Waals surface area contributed by atoms with Gasteiger partial charge in [0, 0.05) is 6.54 Å². The average Bonchev–Trinajstić information content (AvgIpc) is 2.71. The van der Waals surface area contributed by atoms with Crippen LogP contribution in [0.4, 0.5) is 0 Å². The summed E-state index contributed by atoms with van der Waals surface area (Å²) in [6.07, 6.45) is 2.85. The van der Waals surface area contributed by atoms with Crippen LogP contribution in [0.5, 0.6) is 0 Å². The monoisotopic (exact) mass is 275 g/mol. The van der Waals surface area contributed by atoms with Crippen LogP contribution >= 0.6 is 0 Å². The smallest absolute Gasteiger partial charge is 0.261 e. The molecule has 20 heavy (non-hydrogen) atoms. The van der Waals surface area contributed by atoms with Crippen LogP contribution in [0.3, 0.4) is 0 Å². The Balaban J connectivity index is 1.75. The van der Waals surface area contributed by atoms with Gasteiger partial charge in [0.05, 0.1) is 11.1 Å². The molecule has 0 saturated heterocycles. The molecule has 5 nitrogen and oxygen atoms in total. The molecule has 0 aliphatic carbocycles. The van der Waals surface area contributed by atoms with Crippen molar-refractivity contribution in [1.29, 1.82) is 0 Å². The maximum absolute atomic E-state index is 12.1. The summed E-state index contributed by atoms with van der Waals surface area (Å²) in [5.74, 6) is -0.345. The molecular formula is C15H21N3O2. The molecule has 0 bridgehead atoms. The van der Waals surface area contributed by atoms with Crippen molar-refractivity contribution in [3.63, 3.8) is 0 Å². The zero-order chi connectivity index (χ0) is 14.4. The van der Waals surface area contributed by atoms with Crippen LogP contribution in [-0.4, -0.2) is 42.9 Å². The lowest BCUT2D eigenvalue weighted by Crippen LogP contribution is -2.32. The molecule has 1 heterocycles. The highest BCUT2D eigenvalue weighted by atomic mass is 16.2. The third-order valence-corrected chi connectivity index (χ3v) is 3.42. The van der Waals surface area contributed by atoms with Gasteiger partial charge in [-0.05, 0) is 51.0 Å². The van der Waals surface area contributed by atoms with Crippen molar-refractivity contribution < 1.29 is 9.59 Å². The van der Waals surface area contributed by atoms with E-state index in [2.05, 4.69) is 5.32 Å². The molecule has 1 aromatic rings. The summed E-state index contributed by atoms with van der Waals surface area (Å²) in [6, 6.07) is 6.99. The zero-order valence-corrected chi connectivity index (χ0v) is 11.6. The molecule has 0 atom stereocenters. The quantitative estimate of drug-likeness (QED) is 0.548. The third-order valence-electron chi connectivity index (χ3n) is 3.42. The van der Waals surface area contributed by atoms with Crippen LogP contribution in [0.15, 0.2) is 24.3 Å². The second kappa shape index (κ2) is 7.17. The van der Waals surface area contributed by atoms with Crippen molar-refractivity contribution in [3.8, 4) is 0 Å². The molecule has 1 aromatic carbocycles. The first kappa shape index (κ1) is 14.7. The summed E-state index contributed by atoms with van der Waals surface area (Å²) in [5, 5.41) is 3.29. The average molecular weight is 275 g/mol. The van der Waals surface area contributed by atoms with E-state index in [1.165, 1.54) is 4.90 Å². The van der Waals surface area contributed by atoms with Crippen LogP contribution in [-0.2, 0) is 0 Å². The van der Waals surface area contributed by atoms with Gasteiger partial charge in [-0.3, -0.25) is 14.5 Å². The van der Waals surface area contributed by atoms with E-state index in [9.17, 15) is 9.59 Å². The minimum absolute atomic E-state index is 0.172. The summed E-state index contributed by atoms with van der Waals surface area (Å²) in [7, 11) is 0. The van der Waals surface area contributed by atoms with E-state index in [0.29, 0.717) is 17.7 Å². The molecule has 3 N–H and O–H groups in total. The van der Waals surface area contributed by atoms with E-state index in [-0.39, 0.29) is 11.8 Å². The number of carbonyl (C=O) groups is 2. The van der Waals surface area contributed by atoms with Gasteiger partial charge in [0.1, 0.15) is 0 Å². The van der Waals surface area contributed by atoms with Crippen molar-refractivity contribution in [3.05, 3.63) is 35.4 Å². The fourth-order valence-electron chi connectivity index (χ4n) is 2.32. The first-order valence-electron chi connectivity index (χ1n) is 7.11. The number of hydrogen-bond donors (Lipinski definition) is 2. The fraction of sp³-hybridized carbons (Fsp3) is 0.467. The Morgan fingerprint density at radius 1 is 0.950 bits per heavy atom. The number of hydrogen-bond acceptors (Lipinski definition) is 4. The van der Waals surface area contributed by atoms with Gasteiger partial charge in [0.25, 0.3) is 11.8 Å². The maximum Gasteiger partial charge on any atom is 0.261 e. The lowest BCUT2D eigenvalue weighted by Gasteiger charge is -2.13. The Kier molecular flexibility index (Phi) is 5.26. The standard InChI is InChI=1S/C15H21N3O2/c16-8-3-4-9-17-10-5-11-18-14(19)12-6-1-2-7-13(12)15(18)20/h1-2,6-7,17H,3-5,8-11,16H2. The molecule has 1 aliphatic heterocycles. The Morgan fingerprint density at radius 3 is 2.15 bits per heavy atom. The molecule has 0 fully saturated rings. The van der Waals surface area contributed by atoms with E-state index < -0.39 is 0 Å². The molecule has 0 saturated carbocycles. The topological polar surface area (TPSA) is 75.4 Å². The van der Waals surface area contributed by atoms with Gasteiger partial charge in [0.2, 0.25) is 0 Å². The van der Waals surface area contributed by atoms with Gasteiger partial charge >= 0.3 is 0 Å². The molecule has 2 amide bonds. The number of nitrogens with zero attached hydrogens (tertiary/aromatic N) is 1. The highest BCUT2D eigenvalue weighted by Crippen LogP contribution is 2.22. The summed E-state index contributed by atoms with van der Waals surface area (Å²) in [4.78, 5) is 25.5. The van der Waals surface area contributed by atoms with E-state index in [0.717, 1.165) is 38.9 Å². The van der Waals surface area contributed by atoms with Crippen molar-refractivity contribution in [2.24, 2.45) is 5.73 Å². The van der Waals surface area contributed by atoms with Gasteiger partial charge in [-0.1, -0.05) is 12.1 Å². The first-order valence-corrected chi connectivity index (χ1v) is 7.11. The van der Waals surface area contributed by atoms with Gasteiger partial charge in [0.15, 0.2) is 0 Å². The molecule has 0 radical (unpaired) electrons. The van der Waals surface area contributed by atoms with Crippen molar-refractivity contribution >= 4 is 11.8 Å². The van der Waals surface area contributed by atoms with Crippen molar-refractivity contribution in [1.82, 2.24) is 10.2 Å². The second-order valence-corrected chi connectivity index (χ2v) is 4.91. The number of benzene rings is 1. The molecule has 1 aliphatic rings. The number of nitrogens with one attached hydrogen (secondary N) is 1. The summed E-state index contributed by atoms with van der Waals surface area (Å²) in [5.41, 5.74) is 6.46. The van der Waals surface area contributed by atoms with Crippen molar-refractivity contribution in [2.75, 3.05) is 26.2 Å². The molecule has 0 aromatic heterocycles. The van der Waals surface area contributed by atoms with Gasteiger partial charge in [-0.25, -0.2) is 0 Å². The number of rotatable bonds is 8. The SMILES string of the molecule is NCCCCNCCCN1C(=O)c2ccccc2C1=O. The van der Waals surface area contributed by atoms with Crippen LogP contribution in [0.25, 0.3) is 0 Å². The van der Waals surface area contributed by atoms with Crippen LogP contribution < -0.4 is 11.1 Å². The zero-order valence-electron chi connectivity index (χ0n) is 11.6. The van der Waals surface area contributed by atoms with E-state index in [4.69, 9.17) is 5.73 Å². The Labute approximate surface area is 119 Å². The highest BCUT2D eigenvalue weighted by molar-refractivity contribution is 6.21. The van der Waals surface area contributed by atoms with Gasteiger partial charge in [-0.2, -0.15) is 0 Å². The molecular weight excluding hydrogens is 254 g/mol. The Bertz CT molecular complexity index is 453.